The highest BCUT2D eigenvalue weighted by molar-refractivity contribution is 5.93. The molecule has 0 bridgehead atoms. The molecule has 0 heterocycles. The van der Waals surface area contributed by atoms with Crippen LogP contribution in [0.15, 0.2) is 24.3 Å². The predicted molar refractivity (Wildman–Crippen MR) is 105 cm³/mol. The molecule has 0 saturated heterocycles. The summed E-state index contributed by atoms with van der Waals surface area (Å²) in [6.07, 6.45) is -0.165. The van der Waals surface area contributed by atoms with Crippen molar-refractivity contribution < 1.29 is 29.4 Å². The average molecular weight is 408 g/mol. The Hall–Kier alpha value is -3.14. The van der Waals surface area contributed by atoms with E-state index in [1.54, 1.807) is 12.1 Å². The van der Waals surface area contributed by atoms with E-state index < -0.39 is 48.2 Å². The van der Waals surface area contributed by atoms with E-state index in [-0.39, 0.29) is 24.5 Å². The summed E-state index contributed by atoms with van der Waals surface area (Å²) in [5.41, 5.74) is 11.3. The van der Waals surface area contributed by atoms with E-state index in [1.807, 2.05) is 13.8 Å². The third-order valence-electron chi connectivity index (χ3n) is 4.09. The molecule has 0 radical (unpaired) electrons. The Morgan fingerprint density at radius 1 is 1.00 bits per heavy atom. The Bertz CT molecular complexity index is 735. The van der Waals surface area contributed by atoms with Gasteiger partial charge in [0.1, 0.15) is 17.8 Å². The summed E-state index contributed by atoms with van der Waals surface area (Å²) in [6.45, 7) is 3.64. The maximum absolute atomic E-state index is 12.7. The van der Waals surface area contributed by atoms with Crippen molar-refractivity contribution in [2.75, 3.05) is 0 Å². The molecule has 160 valence electrons. The molecule has 3 atom stereocenters. The maximum atomic E-state index is 12.7. The molecule has 8 N–H and O–H groups in total. The maximum Gasteiger partial charge on any atom is 0.326 e. The highest BCUT2D eigenvalue weighted by atomic mass is 16.4. The molecule has 0 aliphatic heterocycles. The van der Waals surface area contributed by atoms with E-state index in [4.69, 9.17) is 11.5 Å². The first-order valence-electron chi connectivity index (χ1n) is 9.15. The zero-order chi connectivity index (χ0) is 22.1. The van der Waals surface area contributed by atoms with Gasteiger partial charge in [0.05, 0.1) is 12.5 Å². The zero-order valence-electron chi connectivity index (χ0n) is 16.4. The quantitative estimate of drug-likeness (QED) is 0.278. The van der Waals surface area contributed by atoms with Crippen LogP contribution in [0.1, 0.15) is 32.3 Å². The molecule has 1 aromatic rings. The number of carbonyl (C=O) groups excluding carboxylic acids is 3. The van der Waals surface area contributed by atoms with Crippen LogP contribution in [0.2, 0.25) is 0 Å². The largest absolute Gasteiger partial charge is 0.508 e. The summed E-state index contributed by atoms with van der Waals surface area (Å²) < 4.78 is 0. The van der Waals surface area contributed by atoms with Crippen LogP contribution in [0.5, 0.6) is 5.75 Å². The number of hydrogen-bond acceptors (Lipinski definition) is 6. The predicted octanol–water partition coefficient (Wildman–Crippen LogP) is -0.762. The Labute approximate surface area is 168 Å². The highest BCUT2D eigenvalue weighted by Gasteiger charge is 2.29. The summed E-state index contributed by atoms with van der Waals surface area (Å²) in [7, 11) is 0. The van der Waals surface area contributed by atoms with Crippen molar-refractivity contribution in [1.82, 2.24) is 10.6 Å². The molecule has 0 aliphatic carbocycles. The number of phenols is 1. The molecule has 10 nitrogen and oxygen atoms in total. The second-order valence-electron chi connectivity index (χ2n) is 7.24. The first-order chi connectivity index (χ1) is 13.5. The lowest BCUT2D eigenvalue weighted by Crippen LogP contribution is -2.55. The number of nitrogens with two attached hydrogens (primary N) is 2. The Kier molecular flexibility index (Phi) is 9.07. The van der Waals surface area contributed by atoms with Crippen LogP contribution < -0.4 is 22.1 Å². The van der Waals surface area contributed by atoms with Crippen molar-refractivity contribution in [2.45, 2.75) is 51.2 Å². The van der Waals surface area contributed by atoms with Gasteiger partial charge in [-0.25, -0.2) is 4.79 Å². The van der Waals surface area contributed by atoms with Crippen LogP contribution in [-0.2, 0) is 25.6 Å². The molecule has 10 heteroatoms. The Balaban J connectivity index is 2.99. The van der Waals surface area contributed by atoms with Gasteiger partial charge in [0.2, 0.25) is 17.7 Å². The molecule has 29 heavy (non-hydrogen) atoms. The second kappa shape index (κ2) is 11.0. The summed E-state index contributed by atoms with van der Waals surface area (Å²) in [5, 5.41) is 23.6. The van der Waals surface area contributed by atoms with E-state index in [0.29, 0.717) is 5.56 Å². The smallest absolute Gasteiger partial charge is 0.326 e. The Morgan fingerprint density at radius 3 is 2.03 bits per heavy atom. The number of amides is 3. The topological polar surface area (TPSA) is 185 Å². The lowest BCUT2D eigenvalue weighted by atomic mass is 10.0. The van der Waals surface area contributed by atoms with Crippen molar-refractivity contribution in [3.63, 3.8) is 0 Å². The van der Waals surface area contributed by atoms with Crippen molar-refractivity contribution in [3.8, 4) is 5.75 Å². The minimum absolute atomic E-state index is 0.0190. The average Bonchev–Trinajstić information content (AvgIpc) is 2.61. The molecule has 0 spiro atoms. The summed E-state index contributed by atoms with van der Waals surface area (Å²) in [6, 6.07) is 2.46. The second-order valence-corrected chi connectivity index (χ2v) is 7.24. The molecule has 0 fully saturated rings. The zero-order valence-corrected chi connectivity index (χ0v) is 16.4. The number of benzene rings is 1. The Morgan fingerprint density at radius 2 is 1.55 bits per heavy atom. The van der Waals surface area contributed by atoms with Gasteiger partial charge in [0, 0.05) is 6.42 Å². The van der Waals surface area contributed by atoms with Crippen LogP contribution in [0.4, 0.5) is 0 Å². The molecule has 1 aromatic carbocycles. The summed E-state index contributed by atoms with van der Waals surface area (Å²) in [5.74, 6) is -3.37. The van der Waals surface area contributed by atoms with E-state index in [9.17, 15) is 29.4 Å². The fourth-order valence-electron chi connectivity index (χ4n) is 2.63. The number of rotatable bonds is 11. The number of aliphatic carboxylic acids is 1. The third-order valence-corrected chi connectivity index (χ3v) is 4.09. The van der Waals surface area contributed by atoms with E-state index >= 15 is 0 Å². The summed E-state index contributed by atoms with van der Waals surface area (Å²) >= 11 is 0. The number of carboxylic acid groups (broad SMARTS) is 1. The van der Waals surface area contributed by atoms with Crippen molar-refractivity contribution in [2.24, 2.45) is 17.4 Å². The van der Waals surface area contributed by atoms with Crippen LogP contribution >= 0.6 is 0 Å². The van der Waals surface area contributed by atoms with E-state index in [1.165, 1.54) is 12.1 Å². The van der Waals surface area contributed by atoms with Crippen molar-refractivity contribution in [1.29, 1.82) is 0 Å². The standard InChI is InChI=1S/C19H28N4O6/c1-10(2)7-15(19(28)29)23-18(27)14(8-11-3-5-12(24)6-4-11)22-17(26)13(20)9-16(21)25/h3-6,10,13-15,24H,7-9,20H2,1-2H3,(H2,21,25)(H,22,26)(H,23,27)(H,28,29). The SMILES string of the molecule is CC(C)CC(NC(=O)C(Cc1ccc(O)cc1)NC(=O)C(N)CC(N)=O)C(=O)O. The first kappa shape index (κ1) is 23.9. The molecular formula is C19H28N4O6. The van der Waals surface area contributed by atoms with Gasteiger partial charge in [0.25, 0.3) is 0 Å². The van der Waals surface area contributed by atoms with Crippen LogP contribution in [0.3, 0.4) is 0 Å². The monoisotopic (exact) mass is 408 g/mol. The molecule has 3 amide bonds. The molecule has 0 aliphatic rings. The highest BCUT2D eigenvalue weighted by Crippen LogP contribution is 2.12. The van der Waals surface area contributed by atoms with Gasteiger partial charge in [-0.1, -0.05) is 26.0 Å². The first-order valence-corrected chi connectivity index (χ1v) is 9.15. The molecule has 1 rings (SSSR count). The van der Waals surface area contributed by atoms with Gasteiger partial charge < -0.3 is 32.3 Å². The van der Waals surface area contributed by atoms with Crippen LogP contribution in [0, 0.1) is 5.92 Å². The van der Waals surface area contributed by atoms with Gasteiger partial charge >= 0.3 is 5.97 Å². The van der Waals surface area contributed by atoms with Crippen molar-refractivity contribution in [3.05, 3.63) is 29.8 Å². The van der Waals surface area contributed by atoms with Crippen molar-refractivity contribution >= 4 is 23.7 Å². The fourth-order valence-corrected chi connectivity index (χ4v) is 2.63. The van der Waals surface area contributed by atoms with Gasteiger partial charge in [-0.2, -0.15) is 0 Å². The lowest BCUT2D eigenvalue weighted by Gasteiger charge is -2.23. The van der Waals surface area contributed by atoms with Gasteiger partial charge in [-0.05, 0) is 30.0 Å². The van der Waals surface area contributed by atoms with Crippen LogP contribution in [-0.4, -0.2) is 52.0 Å². The minimum Gasteiger partial charge on any atom is -0.508 e. The number of carbonyl (C=O) groups is 4. The molecule has 0 saturated carbocycles. The van der Waals surface area contributed by atoms with E-state index in [2.05, 4.69) is 10.6 Å². The van der Waals surface area contributed by atoms with Gasteiger partial charge in [-0.3, -0.25) is 14.4 Å². The normalized spacial score (nSPS) is 13.9. The molecular weight excluding hydrogens is 380 g/mol. The fraction of sp³-hybridized carbons (Fsp3) is 0.474. The van der Waals surface area contributed by atoms with Crippen LogP contribution in [0.25, 0.3) is 0 Å². The van der Waals surface area contributed by atoms with E-state index in [0.717, 1.165) is 0 Å². The van der Waals surface area contributed by atoms with Gasteiger partial charge in [-0.15, -0.1) is 0 Å². The molecule has 0 aromatic heterocycles. The number of hydrogen-bond donors (Lipinski definition) is 6. The number of nitrogens with one attached hydrogen (secondary N) is 2. The third kappa shape index (κ3) is 8.60. The summed E-state index contributed by atoms with van der Waals surface area (Å²) in [4.78, 5) is 47.4. The lowest BCUT2D eigenvalue weighted by molar-refractivity contribution is -0.142. The number of primary amides is 1. The number of aromatic hydroxyl groups is 1. The number of phenolic OH excluding ortho intramolecular Hbond substituents is 1. The number of carboxylic acids is 1. The minimum atomic E-state index is -1.24. The molecule has 3 unspecified atom stereocenters. The van der Waals surface area contributed by atoms with Gasteiger partial charge in [0.15, 0.2) is 0 Å².